The SMILES string of the molecule is CC(C)Cc1cc(-c2[c-]ccc(C3CCCCC3)c2)nc[c]1[Ge]([CH3])([CH3])[CH3].Cc1cc2c(nc1C)oc1c(-c3nc4c(C)nccc4n3-c3ccccc3-c3ccccc3)[c-]ccc12.[Ir]. The summed E-state index contributed by atoms with van der Waals surface area (Å²) in [7, 11) is 0. The zero-order valence-corrected chi connectivity index (χ0v) is 42.8. The van der Waals surface area contributed by atoms with E-state index in [0.717, 1.165) is 90.6 Å². The first-order chi connectivity index (χ1) is 30.4. The minimum Gasteiger partial charge on any atom is -0.486 e. The number of pyridine rings is 3. The Balaban J connectivity index is 0.000000184. The Morgan fingerprint density at radius 1 is 0.781 bits per heavy atom. The van der Waals surface area contributed by atoms with Crippen LogP contribution in [0.5, 0.6) is 0 Å². The van der Waals surface area contributed by atoms with Crippen LogP contribution in [-0.4, -0.2) is 37.8 Å². The van der Waals surface area contributed by atoms with Crippen molar-refractivity contribution in [1.29, 1.82) is 0 Å². The van der Waals surface area contributed by atoms with Crippen molar-refractivity contribution in [1.82, 2.24) is 24.5 Å². The molecule has 1 saturated carbocycles. The van der Waals surface area contributed by atoms with Gasteiger partial charge < -0.3 is 8.98 Å². The molecule has 4 aromatic carbocycles. The van der Waals surface area contributed by atoms with Crippen molar-refractivity contribution in [2.24, 2.45) is 5.92 Å². The smallest absolute Gasteiger partial charge is 0.216 e. The van der Waals surface area contributed by atoms with E-state index in [-0.39, 0.29) is 20.1 Å². The molecule has 1 aliphatic carbocycles. The number of benzene rings is 4. The van der Waals surface area contributed by atoms with Gasteiger partial charge in [-0.1, -0.05) is 59.5 Å². The van der Waals surface area contributed by atoms with Crippen LogP contribution < -0.4 is 4.40 Å². The van der Waals surface area contributed by atoms with Crippen molar-refractivity contribution < 1.29 is 24.5 Å². The summed E-state index contributed by atoms with van der Waals surface area (Å²) >= 11 is -1.91. The van der Waals surface area contributed by atoms with Crippen LogP contribution in [-0.2, 0) is 26.5 Å². The van der Waals surface area contributed by atoms with Gasteiger partial charge in [-0.15, -0.1) is 18.2 Å². The third-order valence-electron chi connectivity index (χ3n) is 12.7. The van der Waals surface area contributed by atoms with Gasteiger partial charge in [-0.25, -0.2) is 4.98 Å². The van der Waals surface area contributed by atoms with Crippen LogP contribution in [0.25, 0.3) is 72.6 Å². The molecule has 0 amide bonds. The number of para-hydroxylation sites is 1. The van der Waals surface area contributed by atoms with E-state index in [1.165, 1.54) is 48.8 Å². The number of aryl methyl sites for hydroxylation is 3. The van der Waals surface area contributed by atoms with E-state index in [0.29, 0.717) is 11.6 Å². The molecule has 327 valence electrons. The van der Waals surface area contributed by atoms with E-state index >= 15 is 0 Å². The number of nitrogens with zero attached hydrogens (tertiary/aromatic N) is 5. The number of rotatable bonds is 8. The Hall–Kier alpha value is -5.21. The van der Waals surface area contributed by atoms with Gasteiger partial charge in [0, 0.05) is 48.6 Å². The van der Waals surface area contributed by atoms with Crippen LogP contribution in [0.1, 0.15) is 79.9 Å². The summed E-state index contributed by atoms with van der Waals surface area (Å²) in [6.07, 6.45) is 12.0. The monoisotopic (exact) mass is 1080 g/mol. The van der Waals surface area contributed by atoms with Crippen molar-refractivity contribution in [2.75, 3.05) is 0 Å². The van der Waals surface area contributed by atoms with Gasteiger partial charge in [0.1, 0.15) is 0 Å². The maximum Gasteiger partial charge on any atom is 0.216 e. The Bertz CT molecular complexity index is 3080. The first-order valence-electron chi connectivity index (χ1n) is 22.7. The van der Waals surface area contributed by atoms with Crippen molar-refractivity contribution in [3.63, 3.8) is 0 Å². The number of imidazole rings is 1. The number of furan rings is 1. The zero-order chi connectivity index (χ0) is 43.8. The third kappa shape index (κ3) is 9.18. The van der Waals surface area contributed by atoms with Crippen LogP contribution >= 0.6 is 0 Å². The minimum absolute atomic E-state index is 0. The van der Waals surface area contributed by atoms with Gasteiger partial charge >= 0.3 is 163 Å². The average Bonchev–Trinajstić information content (AvgIpc) is 3.86. The quantitative estimate of drug-likeness (QED) is 0.112. The Labute approximate surface area is 394 Å². The van der Waals surface area contributed by atoms with Gasteiger partial charge in [0.05, 0.1) is 28.1 Å². The molecular weight excluding hydrogens is 1020 g/mol. The van der Waals surface area contributed by atoms with Crippen molar-refractivity contribution in [2.45, 2.75) is 96.3 Å². The molecular formula is C56H57GeIrN5O-2. The number of hydrogen-bond donors (Lipinski definition) is 0. The molecule has 0 aliphatic heterocycles. The zero-order valence-electron chi connectivity index (χ0n) is 38.3. The van der Waals surface area contributed by atoms with Crippen molar-refractivity contribution in [3.05, 3.63) is 156 Å². The molecule has 9 aromatic rings. The fraction of sp³-hybridized carbons (Fsp3) is 0.286. The van der Waals surface area contributed by atoms with Gasteiger partial charge in [-0.05, 0) is 50.1 Å². The first-order valence-corrected chi connectivity index (χ1v) is 30.0. The molecule has 0 N–H and O–H groups in total. The molecule has 0 unspecified atom stereocenters. The second kappa shape index (κ2) is 19.1. The predicted molar refractivity (Wildman–Crippen MR) is 264 cm³/mol. The number of fused-ring (bicyclic) bond motifs is 4. The van der Waals surface area contributed by atoms with E-state index in [9.17, 15) is 0 Å². The summed E-state index contributed by atoms with van der Waals surface area (Å²) in [6, 6.07) is 43.0. The number of hydrogen-bond acceptors (Lipinski definition) is 5. The molecule has 6 nitrogen and oxygen atoms in total. The van der Waals surface area contributed by atoms with Crippen molar-refractivity contribution in [3.8, 4) is 39.5 Å². The molecule has 0 atom stereocenters. The molecule has 8 heteroatoms. The average molecular weight is 1080 g/mol. The molecule has 0 spiro atoms. The predicted octanol–water partition coefficient (Wildman–Crippen LogP) is 14.1. The van der Waals surface area contributed by atoms with Crippen LogP contribution in [0.4, 0.5) is 0 Å². The van der Waals surface area contributed by atoms with E-state index in [1.807, 2.05) is 44.3 Å². The van der Waals surface area contributed by atoms with E-state index in [4.69, 9.17) is 19.4 Å². The largest absolute Gasteiger partial charge is 0.486 e. The fourth-order valence-corrected chi connectivity index (χ4v) is 12.7. The standard InChI is InChI=1S/C32H23N4O.C24H34GeN.Ir/c1-19-18-26-24-13-9-14-25(30(24)37-32(26)34-20(19)2)31-35-29-21(3)33-17-16-28(29)36(31)27-15-8-7-12-23(27)22-10-5-4-6-11-22;1-18(2)14-22-16-24(26-17-23(22)25(3,4)5)21-13-9-12-20(15-21)19-10-7-6-8-11-19;/h4-13,15-18H,1-3H3;9,12,15-19H,6-8,10-11,14H2,1-5H3;/q2*-1;. The van der Waals surface area contributed by atoms with Gasteiger partial charge in [-0.3, -0.25) is 9.97 Å². The second-order valence-electron chi connectivity index (χ2n) is 18.8. The molecule has 1 radical (unpaired) electrons. The molecule has 5 heterocycles. The third-order valence-corrected chi connectivity index (χ3v) is 17.0. The van der Waals surface area contributed by atoms with Crippen LogP contribution in [0, 0.1) is 38.8 Å². The van der Waals surface area contributed by atoms with Gasteiger partial charge in [0.25, 0.3) is 0 Å². The normalized spacial score (nSPS) is 13.3. The summed E-state index contributed by atoms with van der Waals surface area (Å²) in [5.74, 6) is 9.57. The minimum atomic E-state index is -1.91. The van der Waals surface area contributed by atoms with Crippen LogP contribution in [0.3, 0.4) is 0 Å². The number of aromatic nitrogens is 5. The van der Waals surface area contributed by atoms with E-state index in [1.54, 1.807) is 4.40 Å². The van der Waals surface area contributed by atoms with E-state index in [2.05, 4.69) is 145 Å². The molecule has 0 bridgehead atoms. The van der Waals surface area contributed by atoms with Gasteiger partial charge in [0.2, 0.25) is 5.71 Å². The molecule has 64 heavy (non-hydrogen) atoms. The Morgan fingerprint density at radius 2 is 1.53 bits per heavy atom. The maximum absolute atomic E-state index is 6.39. The second-order valence-corrected chi connectivity index (χ2v) is 29.4. The Morgan fingerprint density at radius 3 is 2.30 bits per heavy atom. The molecule has 5 aromatic heterocycles. The molecule has 0 saturated heterocycles. The summed E-state index contributed by atoms with van der Waals surface area (Å²) < 4.78 is 10.2. The fourth-order valence-electron chi connectivity index (χ4n) is 9.35. The van der Waals surface area contributed by atoms with Gasteiger partial charge in [0.15, 0.2) is 0 Å². The summed E-state index contributed by atoms with van der Waals surface area (Å²) in [5, 5.41) is 2.00. The van der Waals surface area contributed by atoms with Crippen molar-refractivity contribution >= 4 is 50.8 Å². The molecule has 1 fully saturated rings. The molecule has 10 rings (SSSR count). The van der Waals surface area contributed by atoms with Crippen LogP contribution in [0.2, 0.25) is 17.3 Å². The van der Waals surface area contributed by atoms with E-state index < -0.39 is 13.3 Å². The maximum atomic E-state index is 6.39. The summed E-state index contributed by atoms with van der Waals surface area (Å²) in [4.78, 5) is 19.3. The molecule has 1 aliphatic rings. The van der Waals surface area contributed by atoms with Crippen LogP contribution in [0.15, 0.2) is 120 Å². The Kier molecular flexibility index (Phi) is 13.5. The topological polar surface area (TPSA) is 69.6 Å². The van der Waals surface area contributed by atoms with Gasteiger partial charge in [-0.2, -0.15) is 0 Å². The first kappa shape index (κ1) is 45.4. The summed E-state index contributed by atoms with van der Waals surface area (Å²) in [6.45, 7) is 10.7. The summed E-state index contributed by atoms with van der Waals surface area (Å²) in [5.41, 5.74) is 15.5.